The third kappa shape index (κ3) is 4.46. The van der Waals surface area contributed by atoms with Gasteiger partial charge in [0.15, 0.2) is 0 Å². The van der Waals surface area contributed by atoms with Crippen molar-refractivity contribution in [3.05, 3.63) is 54.2 Å². The summed E-state index contributed by atoms with van der Waals surface area (Å²) in [6, 6.07) is 7.22. The van der Waals surface area contributed by atoms with Crippen LogP contribution < -0.4 is 10.2 Å². The third-order valence-electron chi connectivity index (χ3n) is 5.41. The summed E-state index contributed by atoms with van der Waals surface area (Å²) in [5, 5.41) is 7.53. The lowest BCUT2D eigenvalue weighted by molar-refractivity contribution is -0.137. The molecule has 29 heavy (non-hydrogen) atoms. The van der Waals surface area contributed by atoms with Gasteiger partial charge in [0.2, 0.25) is 5.91 Å². The fourth-order valence-electron chi connectivity index (χ4n) is 3.70. The predicted octanol–water partition coefficient (Wildman–Crippen LogP) is 3.92. The van der Waals surface area contributed by atoms with Crippen LogP contribution in [0.3, 0.4) is 0 Å². The molecule has 0 saturated heterocycles. The number of nitrogens with zero attached hydrogens (tertiary/aromatic N) is 3. The molecular weight excluding hydrogens is 381 g/mol. The molecule has 8 heteroatoms. The van der Waals surface area contributed by atoms with Crippen LogP contribution in [0, 0.1) is 11.8 Å². The number of benzene rings is 1. The molecule has 2 heterocycles. The Bertz CT molecular complexity index is 900. The molecule has 1 N–H and O–H groups in total. The number of nitrogens with one attached hydrogen (secondary N) is 1. The molecule has 2 aliphatic rings. The van der Waals surface area contributed by atoms with Crippen molar-refractivity contribution in [3.8, 4) is 0 Å². The van der Waals surface area contributed by atoms with Gasteiger partial charge < -0.3 is 10.2 Å². The minimum Gasteiger partial charge on any atom is -0.352 e. The monoisotopic (exact) mass is 404 g/mol. The first kappa shape index (κ1) is 19.5. The molecule has 1 aromatic heterocycles. The molecule has 1 aliphatic carbocycles. The summed E-state index contributed by atoms with van der Waals surface area (Å²) in [7, 11) is 0. The van der Waals surface area contributed by atoms with Gasteiger partial charge in [0.25, 0.3) is 0 Å². The van der Waals surface area contributed by atoms with Crippen molar-refractivity contribution >= 4 is 17.4 Å². The molecule has 1 atom stereocenters. The smallest absolute Gasteiger partial charge is 0.352 e. The number of anilines is 2. The number of carbonyl (C=O) groups excluding carboxylic acids is 1. The molecular formula is C21H23F3N4O. The number of alkyl halides is 3. The van der Waals surface area contributed by atoms with E-state index in [4.69, 9.17) is 5.10 Å². The molecule has 1 aromatic carbocycles. The summed E-state index contributed by atoms with van der Waals surface area (Å²) in [6.45, 7) is 5.13. The van der Waals surface area contributed by atoms with Gasteiger partial charge in [0.05, 0.1) is 11.3 Å². The maximum absolute atomic E-state index is 12.9. The topological polar surface area (TPSA) is 50.2 Å². The summed E-state index contributed by atoms with van der Waals surface area (Å²) in [4.78, 5) is 13.5. The van der Waals surface area contributed by atoms with Gasteiger partial charge in [-0.05, 0) is 55.5 Å². The Balaban J connectivity index is 1.60. The Hall–Kier alpha value is -2.77. The Morgan fingerprint density at radius 3 is 2.55 bits per heavy atom. The molecule has 5 nitrogen and oxygen atoms in total. The second-order valence-corrected chi connectivity index (χ2v) is 7.79. The Morgan fingerprint density at radius 2 is 1.93 bits per heavy atom. The van der Waals surface area contributed by atoms with Crippen LogP contribution in [0.15, 0.2) is 43.0 Å². The number of hydrogen-bond donors (Lipinski definition) is 1. The molecule has 0 spiro atoms. The van der Waals surface area contributed by atoms with Crippen molar-refractivity contribution < 1.29 is 18.0 Å². The maximum atomic E-state index is 12.9. The number of rotatable bonds is 6. The minimum absolute atomic E-state index is 0.0716. The van der Waals surface area contributed by atoms with Crippen LogP contribution >= 0.6 is 0 Å². The highest BCUT2D eigenvalue weighted by molar-refractivity contribution is 5.86. The Labute approximate surface area is 167 Å². The lowest BCUT2D eigenvalue weighted by Gasteiger charge is -2.35. The number of hydrogen-bond acceptors (Lipinski definition) is 3. The zero-order valence-corrected chi connectivity index (χ0v) is 16.0. The van der Waals surface area contributed by atoms with Crippen molar-refractivity contribution in [1.82, 2.24) is 15.1 Å². The molecule has 1 fully saturated rings. The first-order valence-corrected chi connectivity index (χ1v) is 9.75. The predicted molar refractivity (Wildman–Crippen MR) is 104 cm³/mol. The standard InChI is InChI=1S/C21H23F3N4O/c1-2-19(29)25-11-15-12-27(18-7-5-16(6-8-18)21(22,23)24)20-10-17(9-14-3-4-14)26-28(20)13-15/h2,5-8,10,14-15H,1,3-4,9,11-13H2,(H,25,29)/t15-/m1/s1. The zero-order valence-electron chi connectivity index (χ0n) is 16.0. The van der Waals surface area contributed by atoms with E-state index in [1.54, 1.807) is 0 Å². The quantitative estimate of drug-likeness (QED) is 0.743. The van der Waals surface area contributed by atoms with Crippen LogP contribution in [0.25, 0.3) is 0 Å². The van der Waals surface area contributed by atoms with Gasteiger partial charge in [-0.1, -0.05) is 6.58 Å². The summed E-state index contributed by atoms with van der Waals surface area (Å²) >= 11 is 0. The number of carbonyl (C=O) groups is 1. The third-order valence-corrected chi connectivity index (χ3v) is 5.41. The van der Waals surface area contributed by atoms with Crippen LogP contribution in [0.2, 0.25) is 0 Å². The average molecular weight is 404 g/mol. The summed E-state index contributed by atoms with van der Waals surface area (Å²) in [6.07, 6.45) is 0.238. The van der Waals surface area contributed by atoms with Gasteiger partial charge in [-0.25, -0.2) is 4.68 Å². The van der Waals surface area contributed by atoms with Gasteiger partial charge in [0.1, 0.15) is 5.82 Å². The maximum Gasteiger partial charge on any atom is 0.416 e. The zero-order chi connectivity index (χ0) is 20.6. The second kappa shape index (κ2) is 7.57. The van der Waals surface area contributed by atoms with Gasteiger partial charge >= 0.3 is 6.18 Å². The molecule has 154 valence electrons. The highest BCUT2D eigenvalue weighted by atomic mass is 19.4. The molecule has 1 amide bonds. The van der Waals surface area contributed by atoms with Crippen molar-refractivity contribution in [3.63, 3.8) is 0 Å². The second-order valence-electron chi connectivity index (χ2n) is 7.79. The number of aromatic nitrogens is 2. The Morgan fingerprint density at radius 1 is 1.21 bits per heavy atom. The van der Waals surface area contributed by atoms with Gasteiger partial charge in [-0.2, -0.15) is 18.3 Å². The van der Waals surface area contributed by atoms with Crippen LogP contribution in [0.4, 0.5) is 24.7 Å². The molecule has 2 aromatic rings. The van der Waals surface area contributed by atoms with E-state index in [1.807, 2.05) is 15.6 Å². The van der Waals surface area contributed by atoms with Gasteiger partial charge in [-0.3, -0.25) is 4.79 Å². The van der Waals surface area contributed by atoms with E-state index in [1.165, 1.54) is 31.1 Å². The highest BCUT2D eigenvalue weighted by Gasteiger charge is 2.32. The van der Waals surface area contributed by atoms with Gasteiger partial charge in [0, 0.05) is 37.3 Å². The van der Waals surface area contributed by atoms with E-state index >= 15 is 0 Å². The van der Waals surface area contributed by atoms with E-state index in [0.29, 0.717) is 31.2 Å². The van der Waals surface area contributed by atoms with Crippen molar-refractivity contribution in [2.24, 2.45) is 11.8 Å². The number of fused-ring (bicyclic) bond motifs is 1. The number of amides is 1. The van der Waals surface area contributed by atoms with Crippen molar-refractivity contribution in [2.45, 2.75) is 32.0 Å². The van der Waals surface area contributed by atoms with E-state index in [-0.39, 0.29) is 11.8 Å². The van der Waals surface area contributed by atoms with Gasteiger partial charge in [-0.15, -0.1) is 0 Å². The SMILES string of the molecule is C=CC(=O)NC[C@@H]1CN(c2ccc(C(F)(F)F)cc2)c2cc(CC3CC3)nn2C1. The summed E-state index contributed by atoms with van der Waals surface area (Å²) in [5.41, 5.74) is 1.02. The molecule has 4 rings (SSSR count). The molecule has 0 unspecified atom stereocenters. The average Bonchev–Trinajstić information content (AvgIpc) is 3.41. The van der Waals surface area contributed by atoms with Crippen LogP contribution in [0.1, 0.15) is 24.1 Å². The fraction of sp³-hybridized carbons (Fsp3) is 0.429. The normalized spacial score (nSPS) is 19.0. The van der Waals surface area contributed by atoms with E-state index in [9.17, 15) is 18.0 Å². The Kier molecular flexibility index (Phi) is 5.10. The summed E-state index contributed by atoms with van der Waals surface area (Å²) < 4.78 is 40.7. The van der Waals surface area contributed by atoms with E-state index in [2.05, 4.69) is 11.9 Å². The fourth-order valence-corrected chi connectivity index (χ4v) is 3.70. The van der Waals surface area contributed by atoms with Crippen LogP contribution in [-0.2, 0) is 23.9 Å². The first-order chi connectivity index (χ1) is 13.8. The summed E-state index contributed by atoms with van der Waals surface area (Å²) in [5.74, 6) is 1.40. The van der Waals surface area contributed by atoms with E-state index in [0.717, 1.165) is 30.1 Å². The van der Waals surface area contributed by atoms with Crippen molar-refractivity contribution in [2.75, 3.05) is 18.0 Å². The lowest BCUT2D eigenvalue weighted by Crippen LogP contribution is -2.41. The van der Waals surface area contributed by atoms with Crippen LogP contribution in [0.5, 0.6) is 0 Å². The van der Waals surface area contributed by atoms with Crippen molar-refractivity contribution in [1.29, 1.82) is 0 Å². The number of halogens is 3. The molecule has 1 saturated carbocycles. The van der Waals surface area contributed by atoms with Crippen LogP contribution in [-0.4, -0.2) is 28.8 Å². The largest absolute Gasteiger partial charge is 0.416 e. The first-order valence-electron chi connectivity index (χ1n) is 9.75. The molecule has 1 aliphatic heterocycles. The lowest BCUT2D eigenvalue weighted by atomic mass is 10.1. The molecule has 0 bridgehead atoms. The van der Waals surface area contributed by atoms with E-state index < -0.39 is 11.7 Å². The molecule has 0 radical (unpaired) electrons. The highest BCUT2D eigenvalue weighted by Crippen LogP contribution is 2.37. The minimum atomic E-state index is -4.36.